The number of carbonyl (C=O) groups excluding carboxylic acids is 1. The van der Waals surface area contributed by atoms with E-state index in [1.807, 2.05) is 25.7 Å². The Morgan fingerprint density at radius 3 is 2.57 bits per heavy atom. The number of likely N-dealkylation sites (tertiary alicyclic amines) is 1. The zero-order valence-corrected chi connectivity index (χ0v) is 14.3. The molecule has 0 spiro atoms. The Balaban J connectivity index is 1.81. The molecule has 4 nitrogen and oxygen atoms in total. The molecule has 2 fully saturated rings. The van der Waals surface area contributed by atoms with E-state index >= 15 is 0 Å². The van der Waals surface area contributed by atoms with Gasteiger partial charge in [-0.15, -0.1) is 0 Å². The molecule has 1 amide bonds. The Morgan fingerprint density at radius 2 is 1.90 bits per heavy atom. The minimum Gasteiger partial charge on any atom is -0.444 e. The lowest BCUT2D eigenvalue weighted by atomic mass is 9.78. The quantitative estimate of drug-likeness (QED) is 0.849. The molecular weight excluding hydrogens is 264 g/mol. The molecule has 2 aliphatic rings. The summed E-state index contributed by atoms with van der Waals surface area (Å²) in [6.45, 7) is 12.1. The van der Waals surface area contributed by atoms with Crippen molar-refractivity contribution >= 4 is 6.09 Å². The van der Waals surface area contributed by atoms with E-state index in [-0.39, 0.29) is 6.09 Å². The van der Waals surface area contributed by atoms with E-state index in [0.717, 1.165) is 31.3 Å². The number of hydrogen-bond acceptors (Lipinski definition) is 3. The Labute approximate surface area is 129 Å². The molecule has 1 aliphatic heterocycles. The maximum absolute atomic E-state index is 12.1. The van der Waals surface area contributed by atoms with Crippen LogP contribution in [-0.2, 0) is 4.74 Å². The van der Waals surface area contributed by atoms with Crippen LogP contribution in [0.2, 0.25) is 0 Å². The van der Waals surface area contributed by atoms with Crippen molar-refractivity contribution in [2.75, 3.05) is 13.1 Å². The minimum atomic E-state index is -0.407. The van der Waals surface area contributed by atoms with Crippen molar-refractivity contribution in [1.29, 1.82) is 0 Å². The van der Waals surface area contributed by atoms with E-state index in [4.69, 9.17) is 4.74 Å². The summed E-state index contributed by atoms with van der Waals surface area (Å²) in [5, 5.41) is 3.80. The van der Waals surface area contributed by atoms with Crippen molar-refractivity contribution in [3.05, 3.63) is 0 Å². The molecule has 1 aliphatic carbocycles. The molecular formula is C17H32N2O2. The van der Waals surface area contributed by atoms with Gasteiger partial charge in [0, 0.05) is 25.2 Å². The molecule has 0 aromatic rings. The summed E-state index contributed by atoms with van der Waals surface area (Å²) in [5.74, 6) is 1.54. The van der Waals surface area contributed by atoms with Gasteiger partial charge in [-0.3, -0.25) is 0 Å². The van der Waals surface area contributed by atoms with Crippen LogP contribution in [0.25, 0.3) is 0 Å². The Kier molecular flexibility index (Phi) is 5.18. The maximum Gasteiger partial charge on any atom is 0.410 e. The first-order valence-electron chi connectivity index (χ1n) is 8.50. The zero-order valence-electron chi connectivity index (χ0n) is 14.3. The topological polar surface area (TPSA) is 41.6 Å². The van der Waals surface area contributed by atoms with E-state index in [1.165, 1.54) is 19.3 Å². The fraction of sp³-hybridized carbons (Fsp3) is 0.941. The van der Waals surface area contributed by atoms with E-state index < -0.39 is 5.60 Å². The molecule has 0 aromatic heterocycles. The number of hydrogen-bond donors (Lipinski definition) is 1. The largest absolute Gasteiger partial charge is 0.444 e. The SMILES string of the molecule is CC1CCCC(NC2CCN(C(=O)OC(C)(C)C)C2)C1C. The molecule has 21 heavy (non-hydrogen) atoms. The van der Waals surface area contributed by atoms with Crippen LogP contribution in [0.5, 0.6) is 0 Å². The maximum atomic E-state index is 12.1. The highest BCUT2D eigenvalue weighted by molar-refractivity contribution is 5.68. The summed E-state index contributed by atoms with van der Waals surface area (Å²) in [7, 11) is 0. The van der Waals surface area contributed by atoms with Gasteiger partial charge in [-0.25, -0.2) is 4.79 Å². The first kappa shape index (κ1) is 16.6. The number of ether oxygens (including phenoxy) is 1. The molecule has 1 saturated carbocycles. The molecule has 1 N–H and O–H groups in total. The third-order valence-corrected chi connectivity index (χ3v) is 5.00. The van der Waals surface area contributed by atoms with E-state index in [2.05, 4.69) is 19.2 Å². The predicted octanol–water partition coefficient (Wildman–Crippen LogP) is 3.41. The van der Waals surface area contributed by atoms with Crippen LogP contribution in [0.1, 0.15) is 60.3 Å². The van der Waals surface area contributed by atoms with Crippen molar-refractivity contribution in [3.63, 3.8) is 0 Å². The highest BCUT2D eigenvalue weighted by Crippen LogP contribution is 2.30. The lowest BCUT2D eigenvalue weighted by Crippen LogP contribution is -2.47. The Bertz CT molecular complexity index is 364. The molecule has 4 unspecified atom stereocenters. The molecule has 4 atom stereocenters. The van der Waals surface area contributed by atoms with Crippen molar-refractivity contribution in [2.45, 2.75) is 78.0 Å². The van der Waals surface area contributed by atoms with Gasteiger partial charge in [0.1, 0.15) is 5.60 Å². The highest BCUT2D eigenvalue weighted by atomic mass is 16.6. The molecule has 0 aromatic carbocycles. The van der Waals surface area contributed by atoms with Crippen LogP contribution < -0.4 is 5.32 Å². The van der Waals surface area contributed by atoms with E-state index in [9.17, 15) is 4.79 Å². The Morgan fingerprint density at radius 1 is 1.19 bits per heavy atom. The van der Waals surface area contributed by atoms with Gasteiger partial charge < -0.3 is 15.0 Å². The van der Waals surface area contributed by atoms with Crippen LogP contribution in [0.15, 0.2) is 0 Å². The number of rotatable bonds is 2. The van der Waals surface area contributed by atoms with E-state index in [0.29, 0.717) is 12.1 Å². The molecule has 1 saturated heterocycles. The molecule has 0 radical (unpaired) electrons. The van der Waals surface area contributed by atoms with E-state index in [1.54, 1.807) is 0 Å². The average Bonchev–Trinajstić information content (AvgIpc) is 2.82. The second-order valence-corrected chi connectivity index (χ2v) is 7.95. The second-order valence-electron chi connectivity index (χ2n) is 7.95. The fourth-order valence-corrected chi connectivity index (χ4v) is 3.51. The lowest BCUT2D eigenvalue weighted by molar-refractivity contribution is 0.0289. The Hall–Kier alpha value is -0.770. The van der Waals surface area contributed by atoms with Crippen LogP contribution in [0.3, 0.4) is 0 Å². The molecule has 2 rings (SSSR count). The second kappa shape index (κ2) is 6.55. The summed E-state index contributed by atoms with van der Waals surface area (Å²) >= 11 is 0. The van der Waals surface area contributed by atoms with Crippen LogP contribution >= 0.6 is 0 Å². The van der Waals surface area contributed by atoms with Gasteiger partial charge in [0.25, 0.3) is 0 Å². The van der Waals surface area contributed by atoms with Gasteiger partial charge in [-0.1, -0.05) is 26.7 Å². The number of carbonyl (C=O) groups is 1. The molecule has 1 heterocycles. The number of nitrogens with zero attached hydrogens (tertiary/aromatic N) is 1. The first-order valence-corrected chi connectivity index (χ1v) is 8.50. The first-order chi connectivity index (χ1) is 9.76. The summed E-state index contributed by atoms with van der Waals surface area (Å²) in [6, 6.07) is 1.03. The normalized spacial score (nSPS) is 34.0. The predicted molar refractivity (Wildman–Crippen MR) is 85.3 cm³/mol. The van der Waals surface area contributed by atoms with Gasteiger partial charge in [0.15, 0.2) is 0 Å². The van der Waals surface area contributed by atoms with Crippen molar-refractivity contribution in [3.8, 4) is 0 Å². The molecule has 0 bridgehead atoms. The van der Waals surface area contributed by atoms with Crippen molar-refractivity contribution in [2.24, 2.45) is 11.8 Å². The molecule has 4 heteroatoms. The summed E-state index contributed by atoms with van der Waals surface area (Å²) < 4.78 is 5.46. The van der Waals surface area contributed by atoms with Crippen LogP contribution in [-0.4, -0.2) is 41.8 Å². The average molecular weight is 296 g/mol. The van der Waals surface area contributed by atoms with Crippen LogP contribution in [0, 0.1) is 11.8 Å². The molecule has 122 valence electrons. The summed E-state index contributed by atoms with van der Waals surface area (Å²) in [5.41, 5.74) is -0.407. The van der Waals surface area contributed by atoms with Crippen LogP contribution in [0.4, 0.5) is 4.79 Å². The van der Waals surface area contributed by atoms with Gasteiger partial charge >= 0.3 is 6.09 Å². The number of nitrogens with one attached hydrogen (secondary N) is 1. The van der Waals surface area contributed by atoms with Gasteiger partial charge in [-0.05, 0) is 45.4 Å². The fourth-order valence-electron chi connectivity index (χ4n) is 3.51. The third kappa shape index (κ3) is 4.60. The van der Waals surface area contributed by atoms with Crippen molar-refractivity contribution in [1.82, 2.24) is 10.2 Å². The number of amides is 1. The standard InChI is InChI=1S/C17H32N2O2/c1-12-7-6-8-15(13(12)2)18-14-9-10-19(11-14)16(20)21-17(3,4)5/h12-15,18H,6-11H2,1-5H3. The van der Waals surface area contributed by atoms with Gasteiger partial charge in [-0.2, -0.15) is 0 Å². The summed E-state index contributed by atoms with van der Waals surface area (Å²) in [4.78, 5) is 13.9. The van der Waals surface area contributed by atoms with Crippen molar-refractivity contribution < 1.29 is 9.53 Å². The van der Waals surface area contributed by atoms with Gasteiger partial charge in [0.2, 0.25) is 0 Å². The highest BCUT2D eigenvalue weighted by Gasteiger charge is 2.33. The van der Waals surface area contributed by atoms with Gasteiger partial charge in [0.05, 0.1) is 0 Å². The minimum absolute atomic E-state index is 0.170. The zero-order chi connectivity index (χ0) is 15.6. The lowest BCUT2D eigenvalue weighted by Gasteiger charge is -2.36. The smallest absolute Gasteiger partial charge is 0.410 e. The summed E-state index contributed by atoms with van der Waals surface area (Å²) in [6.07, 6.45) is 4.82. The third-order valence-electron chi connectivity index (χ3n) is 5.00. The monoisotopic (exact) mass is 296 g/mol.